The predicted octanol–water partition coefficient (Wildman–Crippen LogP) is -0.201. The Labute approximate surface area is 58.4 Å². The molecule has 0 amide bonds. The van der Waals surface area contributed by atoms with Crippen molar-refractivity contribution in [1.29, 1.82) is 0 Å². The topological polar surface area (TPSA) is 52.6 Å². The molecular formula is C6H7O4. The van der Waals surface area contributed by atoms with Crippen molar-refractivity contribution in [1.82, 2.24) is 0 Å². The molecule has 0 aromatic heterocycles. The van der Waals surface area contributed by atoms with Crippen LogP contribution < -0.4 is 0 Å². The lowest BCUT2D eigenvalue weighted by molar-refractivity contribution is -0.134. The highest BCUT2D eigenvalue weighted by Gasteiger charge is 1.88. The van der Waals surface area contributed by atoms with Crippen molar-refractivity contribution in [2.24, 2.45) is 0 Å². The van der Waals surface area contributed by atoms with Gasteiger partial charge in [0.05, 0.1) is 7.11 Å². The Kier molecular flexibility index (Phi) is 5.04. The van der Waals surface area contributed by atoms with Crippen molar-refractivity contribution < 1.29 is 19.1 Å². The summed E-state index contributed by atoms with van der Waals surface area (Å²) in [4.78, 5) is 19.7. The second-order valence-electron chi connectivity index (χ2n) is 1.32. The molecule has 4 nitrogen and oxygen atoms in total. The van der Waals surface area contributed by atoms with E-state index in [0.29, 0.717) is 0 Å². The molecule has 55 valence electrons. The van der Waals surface area contributed by atoms with Crippen molar-refractivity contribution in [2.75, 3.05) is 13.7 Å². The summed E-state index contributed by atoms with van der Waals surface area (Å²) in [6, 6.07) is 0. The van der Waals surface area contributed by atoms with Crippen LogP contribution >= 0.6 is 0 Å². The standard InChI is InChI=1S/C6H7O4/c1-9-6(8)3-2-4-10-5-7/h2-3H,4H2,1H3. The molecule has 0 N–H and O–H groups in total. The van der Waals surface area contributed by atoms with Crippen LogP contribution in [0.25, 0.3) is 0 Å². The van der Waals surface area contributed by atoms with E-state index < -0.39 is 5.97 Å². The van der Waals surface area contributed by atoms with Crippen LogP contribution in [-0.4, -0.2) is 26.2 Å². The third kappa shape index (κ3) is 4.83. The van der Waals surface area contributed by atoms with Gasteiger partial charge in [0, 0.05) is 6.08 Å². The first-order chi connectivity index (χ1) is 4.81. The van der Waals surface area contributed by atoms with Crippen molar-refractivity contribution in [3.05, 3.63) is 12.2 Å². The van der Waals surface area contributed by atoms with Gasteiger partial charge in [-0.1, -0.05) is 0 Å². The molecule has 0 saturated carbocycles. The number of rotatable bonds is 4. The maximum absolute atomic E-state index is 10.3. The average Bonchev–Trinajstić information content (AvgIpc) is 1.98. The van der Waals surface area contributed by atoms with E-state index in [-0.39, 0.29) is 6.61 Å². The largest absolute Gasteiger partial charge is 0.466 e. The molecule has 1 radical (unpaired) electrons. The fourth-order valence-electron chi connectivity index (χ4n) is 0.295. The van der Waals surface area contributed by atoms with Crippen molar-refractivity contribution >= 4 is 12.4 Å². The molecule has 0 bridgehead atoms. The maximum atomic E-state index is 10.3. The Balaban J connectivity index is 3.35. The lowest BCUT2D eigenvalue weighted by Gasteiger charge is -1.88. The first-order valence-electron chi connectivity index (χ1n) is 2.54. The van der Waals surface area contributed by atoms with Crippen LogP contribution in [0.1, 0.15) is 0 Å². The van der Waals surface area contributed by atoms with Gasteiger partial charge in [0.15, 0.2) is 0 Å². The first-order valence-corrected chi connectivity index (χ1v) is 2.54. The van der Waals surface area contributed by atoms with Gasteiger partial charge in [-0.2, -0.15) is 0 Å². The van der Waals surface area contributed by atoms with E-state index in [0.717, 1.165) is 6.08 Å². The summed E-state index contributed by atoms with van der Waals surface area (Å²) in [6.07, 6.45) is 2.52. The minimum atomic E-state index is -0.477. The van der Waals surface area contributed by atoms with Gasteiger partial charge in [0.2, 0.25) is 0 Å². The molecule has 4 heteroatoms. The third-order valence-corrected chi connectivity index (χ3v) is 0.694. The summed E-state index contributed by atoms with van der Waals surface area (Å²) in [5.74, 6) is -0.477. The molecule has 0 aliphatic heterocycles. The van der Waals surface area contributed by atoms with Gasteiger partial charge >= 0.3 is 12.4 Å². The van der Waals surface area contributed by atoms with Crippen LogP contribution in [0.5, 0.6) is 0 Å². The highest BCUT2D eigenvalue weighted by atomic mass is 16.5. The number of carbonyl (C=O) groups is 1. The average molecular weight is 143 g/mol. The van der Waals surface area contributed by atoms with Crippen molar-refractivity contribution in [3.8, 4) is 0 Å². The van der Waals surface area contributed by atoms with E-state index in [9.17, 15) is 9.59 Å². The van der Waals surface area contributed by atoms with Crippen molar-refractivity contribution in [3.63, 3.8) is 0 Å². The summed E-state index contributed by atoms with van der Waals surface area (Å²) in [5, 5.41) is 0. The summed E-state index contributed by atoms with van der Waals surface area (Å²) in [6.45, 7) is 1.25. The molecule has 10 heavy (non-hydrogen) atoms. The van der Waals surface area contributed by atoms with Crippen LogP contribution in [0.15, 0.2) is 12.2 Å². The molecule has 0 rings (SSSR count). The fraction of sp³-hybridized carbons (Fsp3) is 0.333. The summed E-state index contributed by atoms with van der Waals surface area (Å²) < 4.78 is 8.38. The fourth-order valence-corrected chi connectivity index (χ4v) is 0.295. The van der Waals surface area contributed by atoms with Crippen LogP contribution in [0, 0.1) is 0 Å². The van der Waals surface area contributed by atoms with E-state index in [4.69, 9.17) is 0 Å². The molecule has 0 aliphatic rings. The van der Waals surface area contributed by atoms with Crippen LogP contribution in [0.2, 0.25) is 0 Å². The highest BCUT2D eigenvalue weighted by molar-refractivity contribution is 5.81. The second kappa shape index (κ2) is 5.81. The zero-order valence-corrected chi connectivity index (χ0v) is 5.49. The first kappa shape index (κ1) is 8.68. The highest BCUT2D eigenvalue weighted by Crippen LogP contribution is 1.77. The van der Waals surface area contributed by atoms with Crippen LogP contribution in [0.3, 0.4) is 0 Å². The lowest BCUT2D eigenvalue weighted by atomic mass is 10.5. The molecule has 0 heterocycles. The molecule has 0 atom stereocenters. The number of esters is 1. The Morgan fingerprint density at radius 2 is 2.40 bits per heavy atom. The number of hydrogen-bond donors (Lipinski definition) is 0. The summed E-state index contributed by atoms with van der Waals surface area (Å²) in [7, 11) is 1.26. The second-order valence-corrected chi connectivity index (χ2v) is 1.32. The predicted molar refractivity (Wildman–Crippen MR) is 32.8 cm³/mol. The Hall–Kier alpha value is -1.32. The van der Waals surface area contributed by atoms with Gasteiger partial charge < -0.3 is 9.47 Å². The number of methoxy groups -OCH3 is 1. The van der Waals surface area contributed by atoms with Gasteiger partial charge in [-0.15, -0.1) is 0 Å². The van der Waals surface area contributed by atoms with Crippen LogP contribution in [-0.2, 0) is 19.1 Å². The van der Waals surface area contributed by atoms with Gasteiger partial charge in [0.25, 0.3) is 0 Å². The lowest BCUT2D eigenvalue weighted by Crippen LogP contribution is -1.95. The van der Waals surface area contributed by atoms with E-state index in [1.165, 1.54) is 19.7 Å². The maximum Gasteiger partial charge on any atom is 0.417 e. The van der Waals surface area contributed by atoms with Gasteiger partial charge in [-0.05, 0) is 6.08 Å². The Morgan fingerprint density at radius 1 is 1.70 bits per heavy atom. The number of carbonyl (C=O) groups excluding carboxylic acids is 2. The molecular weight excluding hydrogens is 136 g/mol. The zero-order valence-electron chi connectivity index (χ0n) is 5.49. The summed E-state index contributed by atoms with van der Waals surface area (Å²) >= 11 is 0. The monoisotopic (exact) mass is 143 g/mol. The Morgan fingerprint density at radius 3 is 2.90 bits per heavy atom. The smallest absolute Gasteiger partial charge is 0.417 e. The normalized spacial score (nSPS) is 9.30. The quantitative estimate of drug-likeness (QED) is 0.310. The Bertz CT molecular complexity index is 139. The molecule has 0 spiro atoms. The molecule has 0 saturated heterocycles. The van der Waals surface area contributed by atoms with Gasteiger partial charge in [-0.25, -0.2) is 9.59 Å². The molecule has 0 fully saturated rings. The minimum Gasteiger partial charge on any atom is -0.466 e. The molecule has 0 aromatic rings. The van der Waals surface area contributed by atoms with E-state index in [1.54, 1.807) is 0 Å². The summed E-state index contributed by atoms with van der Waals surface area (Å²) in [5.41, 5.74) is 0. The third-order valence-electron chi connectivity index (χ3n) is 0.694. The number of ether oxygens (including phenoxy) is 2. The molecule has 0 aliphatic carbocycles. The van der Waals surface area contributed by atoms with E-state index in [2.05, 4.69) is 9.47 Å². The van der Waals surface area contributed by atoms with Gasteiger partial charge in [0.1, 0.15) is 6.61 Å². The van der Waals surface area contributed by atoms with Crippen LogP contribution in [0.4, 0.5) is 0 Å². The molecule has 0 aromatic carbocycles. The zero-order chi connectivity index (χ0) is 7.82. The van der Waals surface area contributed by atoms with E-state index in [1.807, 2.05) is 0 Å². The molecule has 0 unspecified atom stereocenters. The minimum absolute atomic E-state index is 0.0403. The van der Waals surface area contributed by atoms with Crippen molar-refractivity contribution in [2.45, 2.75) is 0 Å². The SMILES string of the molecule is COC(=O)C=CCO[C]=O. The number of hydrogen-bond acceptors (Lipinski definition) is 4. The van der Waals surface area contributed by atoms with Gasteiger partial charge in [-0.3, -0.25) is 0 Å². The van der Waals surface area contributed by atoms with E-state index >= 15 is 0 Å².